The first-order valence-electron chi connectivity index (χ1n) is 9.80. The molecule has 1 saturated heterocycles. The Kier molecular flexibility index (Phi) is 5.58. The fourth-order valence-corrected chi connectivity index (χ4v) is 3.29. The third-order valence-corrected chi connectivity index (χ3v) is 4.91. The maximum atomic E-state index is 14.3. The molecule has 3 aromatic rings. The molecule has 31 heavy (non-hydrogen) atoms. The van der Waals surface area contributed by atoms with Crippen molar-refractivity contribution in [1.29, 1.82) is 0 Å². The number of hydrogen-bond donors (Lipinski definition) is 1. The first kappa shape index (κ1) is 21.1. The normalized spacial score (nSPS) is 14.3. The minimum absolute atomic E-state index is 0.0203. The topological polar surface area (TPSA) is 76.6 Å². The van der Waals surface area contributed by atoms with Crippen molar-refractivity contribution < 1.29 is 18.7 Å². The number of rotatable bonds is 4. The molecule has 1 amide bonds. The highest BCUT2D eigenvalue weighted by molar-refractivity contribution is 6.31. The van der Waals surface area contributed by atoms with E-state index in [1.54, 1.807) is 35.2 Å². The van der Waals surface area contributed by atoms with Crippen molar-refractivity contribution in [3.8, 4) is 5.75 Å². The van der Waals surface area contributed by atoms with Gasteiger partial charge in [-0.1, -0.05) is 17.7 Å². The molecule has 2 aromatic carbocycles. The lowest BCUT2D eigenvalue weighted by Crippen LogP contribution is -2.57. The third kappa shape index (κ3) is 4.80. The number of anilines is 2. The Balaban J connectivity index is 1.48. The van der Waals surface area contributed by atoms with E-state index in [9.17, 15) is 9.18 Å². The quantitative estimate of drug-likeness (QED) is 0.598. The molecule has 0 atom stereocenters. The van der Waals surface area contributed by atoms with Gasteiger partial charge < -0.3 is 19.7 Å². The number of aromatic nitrogens is 2. The molecular formula is C22H22ClFN4O3. The van der Waals surface area contributed by atoms with Gasteiger partial charge in [0.1, 0.15) is 29.6 Å². The van der Waals surface area contributed by atoms with Crippen LogP contribution < -0.4 is 10.1 Å². The molecule has 1 aliphatic rings. The van der Waals surface area contributed by atoms with Gasteiger partial charge in [-0.25, -0.2) is 19.2 Å². The minimum atomic E-state index is -0.556. The second-order valence-corrected chi connectivity index (χ2v) is 8.66. The minimum Gasteiger partial charge on any atom is -0.487 e. The van der Waals surface area contributed by atoms with Crippen molar-refractivity contribution in [3.63, 3.8) is 0 Å². The molecule has 0 unspecified atom stereocenters. The van der Waals surface area contributed by atoms with Crippen LogP contribution in [0.1, 0.15) is 20.8 Å². The summed E-state index contributed by atoms with van der Waals surface area (Å²) in [4.78, 5) is 22.1. The third-order valence-electron chi connectivity index (χ3n) is 4.61. The highest BCUT2D eigenvalue weighted by Gasteiger charge is 2.35. The number of carbonyl (C=O) groups is 1. The number of carbonyl (C=O) groups excluding carboxylic acids is 1. The zero-order valence-electron chi connectivity index (χ0n) is 17.4. The molecule has 0 spiro atoms. The fraction of sp³-hybridized carbons (Fsp3) is 0.318. The van der Waals surface area contributed by atoms with Gasteiger partial charge in [0.25, 0.3) is 0 Å². The maximum Gasteiger partial charge on any atom is 0.410 e. The van der Waals surface area contributed by atoms with E-state index in [2.05, 4.69) is 15.3 Å². The molecule has 162 valence electrons. The Morgan fingerprint density at radius 1 is 1.23 bits per heavy atom. The van der Waals surface area contributed by atoms with E-state index in [1.165, 1.54) is 12.4 Å². The van der Waals surface area contributed by atoms with Gasteiger partial charge in [0.05, 0.1) is 29.3 Å². The summed E-state index contributed by atoms with van der Waals surface area (Å²) in [5, 5.41) is 3.66. The summed E-state index contributed by atoms with van der Waals surface area (Å²) >= 11 is 5.87. The predicted molar refractivity (Wildman–Crippen MR) is 116 cm³/mol. The van der Waals surface area contributed by atoms with Crippen LogP contribution in [0, 0.1) is 5.82 Å². The van der Waals surface area contributed by atoms with Gasteiger partial charge in [-0.05, 0) is 51.1 Å². The van der Waals surface area contributed by atoms with Gasteiger partial charge >= 0.3 is 6.09 Å². The number of benzene rings is 2. The Bertz CT molecular complexity index is 1130. The van der Waals surface area contributed by atoms with Gasteiger partial charge in [-0.2, -0.15) is 0 Å². The van der Waals surface area contributed by atoms with Gasteiger partial charge in [-0.15, -0.1) is 0 Å². The SMILES string of the molecule is CC(C)(C)OC(=O)N1CC(Oc2ccc3ncnc(Nc4cccc(Cl)c4F)c3c2)C1. The standard InChI is InChI=1S/C22H22ClFN4O3/c1-22(2,3)31-21(29)28-10-14(11-28)30-13-7-8-17-15(9-13)20(26-12-25-17)27-18-6-4-5-16(23)19(18)24/h4-9,12,14H,10-11H2,1-3H3,(H,25,26,27). The molecule has 4 rings (SSSR count). The lowest BCUT2D eigenvalue weighted by Gasteiger charge is -2.39. The second kappa shape index (κ2) is 8.19. The molecule has 1 aliphatic heterocycles. The van der Waals surface area contributed by atoms with Crippen molar-refractivity contribution in [1.82, 2.24) is 14.9 Å². The number of ether oxygens (including phenoxy) is 2. The predicted octanol–water partition coefficient (Wildman–Crippen LogP) is 5.16. The average molecular weight is 445 g/mol. The lowest BCUT2D eigenvalue weighted by atomic mass is 10.1. The lowest BCUT2D eigenvalue weighted by molar-refractivity contribution is -0.0221. The van der Waals surface area contributed by atoms with Crippen molar-refractivity contribution in [3.05, 3.63) is 53.6 Å². The molecule has 9 heteroatoms. The van der Waals surface area contributed by atoms with Crippen LogP contribution >= 0.6 is 11.6 Å². The summed E-state index contributed by atoms with van der Waals surface area (Å²) in [6.07, 6.45) is 0.906. The summed E-state index contributed by atoms with van der Waals surface area (Å²) in [6, 6.07) is 10.1. The number of likely N-dealkylation sites (tertiary alicyclic amines) is 1. The van der Waals surface area contributed by atoms with Crippen molar-refractivity contribution >= 4 is 40.1 Å². The molecule has 0 saturated carbocycles. The average Bonchev–Trinajstić information content (AvgIpc) is 2.66. The van der Waals surface area contributed by atoms with E-state index in [1.807, 2.05) is 20.8 Å². The molecule has 1 aromatic heterocycles. The Morgan fingerprint density at radius 3 is 2.74 bits per heavy atom. The van der Waals surface area contributed by atoms with Crippen LogP contribution in [0.3, 0.4) is 0 Å². The van der Waals surface area contributed by atoms with Crippen LogP contribution in [0.25, 0.3) is 10.9 Å². The zero-order valence-corrected chi connectivity index (χ0v) is 18.1. The summed E-state index contributed by atoms with van der Waals surface area (Å²) < 4.78 is 25.6. The number of fused-ring (bicyclic) bond motifs is 1. The first-order valence-corrected chi connectivity index (χ1v) is 10.2. The van der Waals surface area contributed by atoms with E-state index in [4.69, 9.17) is 21.1 Å². The second-order valence-electron chi connectivity index (χ2n) is 8.25. The number of nitrogens with one attached hydrogen (secondary N) is 1. The van der Waals surface area contributed by atoms with Crippen LogP contribution in [-0.2, 0) is 4.74 Å². The van der Waals surface area contributed by atoms with E-state index in [-0.39, 0.29) is 22.9 Å². The van der Waals surface area contributed by atoms with Gasteiger partial charge in [0, 0.05) is 5.39 Å². The molecule has 2 heterocycles. The number of hydrogen-bond acceptors (Lipinski definition) is 6. The van der Waals surface area contributed by atoms with Crippen LogP contribution in [0.4, 0.5) is 20.7 Å². The highest BCUT2D eigenvalue weighted by Crippen LogP contribution is 2.30. The van der Waals surface area contributed by atoms with Crippen LogP contribution in [0.5, 0.6) is 5.75 Å². The summed E-state index contributed by atoms with van der Waals surface area (Å²) in [7, 11) is 0. The van der Waals surface area contributed by atoms with E-state index in [0.717, 1.165) is 0 Å². The first-order chi connectivity index (χ1) is 14.7. The molecule has 1 fully saturated rings. The monoisotopic (exact) mass is 444 g/mol. The van der Waals surface area contributed by atoms with Crippen molar-refractivity contribution in [2.75, 3.05) is 18.4 Å². The number of halogens is 2. The molecule has 0 radical (unpaired) electrons. The van der Waals surface area contributed by atoms with E-state index < -0.39 is 11.4 Å². The Labute approximate surface area is 184 Å². The molecule has 1 N–H and O–H groups in total. The molecule has 0 aliphatic carbocycles. The van der Waals surface area contributed by atoms with Gasteiger partial charge in [0.2, 0.25) is 0 Å². The van der Waals surface area contributed by atoms with E-state index >= 15 is 0 Å². The molecule has 7 nitrogen and oxygen atoms in total. The van der Waals surface area contributed by atoms with E-state index in [0.29, 0.717) is 35.6 Å². The molecular weight excluding hydrogens is 423 g/mol. The summed E-state index contributed by atoms with van der Waals surface area (Å²) in [5.74, 6) is 0.478. The smallest absolute Gasteiger partial charge is 0.410 e. The Morgan fingerprint density at radius 2 is 2.00 bits per heavy atom. The van der Waals surface area contributed by atoms with Crippen LogP contribution in [-0.4, -0.2) is 45.8 Å². The molecule has 0 bridgehead atoms. The van der Waals surface area contributed by atoms with Gasteiger partial charge in [-0.3, -0.25) is 0 Å². The largest absolute Gasteiger partial charge is 0.487 e. The number of amides is 1. The van der Waals surface area contributed by atoms with Crippen molar-refractivity contribution in [2.45, 2.75) is 32.5 Å². The Hall–Kier alpha value is -3.13. The van der Waals surface area contributed by atoms with Crippen LogP contribution in [0.2, 0.25) is 5.02 Å². The highest BCUT2D eigenvalue weighted by atomic mass is 35.5. The zero-order chi connectivity index (χ0) is 22.2. The summed E-state index contributed by atoms with van der Waals surface area (Å²) in [5.41, 5.74) is 0.356. The fourth-order valence-electron chi connectivity index (χ4n) is 3.12. The van der Waals surface area contributed by atoms with Crippen LogP contribution in [0.15, 0.2) is 42.7 Å². The maximum absolute atomic E-state index is 14.3. The number of nitrogens with zero attached hydrogens (tertiary/aromatic N) is 3. The summed E-state index contributed by atoms with van der Waals surface area (Å²) in [6.45, 7) is 6.37. The van der Waals surface area contributed by atoms with Crippen molar-refractivity contribution in [2.24, 2.45) is 0 Å². The van der Waals surface area contributed by atoms with Gasteiger partial charge in [0.15, 0.2) is 5.82 Å².